The Bertz CT molecular complexity index is 1250. The number of para-hydroxylation sites is 1. The van der Waals surface area contributed by atoms with Crippen LogP contribution in [0.4, 0.5) is 11.6 Å². The zero-order valence-corrected chi connectivity index (χ0v) is 18.3. The molecule has 2 heterocycles. The van der Waals surface area contributed by atoms with Gasteiger partial charge in [0, 0.05) is 12.3 Å². The lowest BCUT2D eigenvalue weighted by molar-refractivity contribution is 0.0947. The molecule has 1 amide bonds. The Kier molecular flexibility index (Phi) is 5.97. The minimum Gasteiger partial charge on any atom is -0.496 e. The number of ether oxygens (including phenoxy) is 1. The minimum absolute atomic E-state index is 0.276. The second kappa shape index (κ2) is 8.83. The highest BCUT2D eigenvalue weighted by Gasteiger charge is 2.17. The van der Waals surface area contributed by atoms with Crippen molar-refractivity contribution in [1.29, 1.82) is 0 Å². The number of amides is 1. The maximum absolute atomic E-state index is 12.8. The first-order chi connectivity index (χ1) is 15.0. The van der Waals surface area contributed by atoms with Crippen LogP contribution in [0.3, 0.4) is 0 Å². The number of H-pyrrole nitrogens is 1. The topological polar surface area (TPSA) is 91.9 Å². The van der Waals surface area contributed by atoms with Gasteiger partial charge in [-0.2, -0.15) is 0 Å². The first-order valence-electron chi connectivity index (χ1n) is 9.43. The van der Waals surface area contributed by atoms with Crippen molar-refractivity contribution in [3.05, 3.63) is 75.5 Å². The Morgan fingerprint density at radius 3 is 2.65 bits per heavy atom. The summed E-state index contributed by atoms with van der Waals surface area (Å²) in [6.07, 6.45) is 1.70. The van der Waals surface area contributed by atoms with Gasteiger partial charge in [0.25, 0.3) is 5.91 Å². The lowest BCUT2D eigenvalue weighted by atomic mass is 10.1. The van der Waals surface area contributed by atoms with Gasteiger partial charge in [0.05, 0.1) is 51.7 Å². The van der Waals surface area contributed by atoms with Gasteiger partial charge in [0.15, 0.2) is 0 Å². The van der Waals surface area contributed by atoms with Crippen LogP contribution in [0.1, 0.15) is 21.6 Å². The highest BCUT2D eigenvalue weighted by molar-refractivity contribution is 6.39. The number of hydrogen-bond acceptors (Lipinski definition) is 5. The number of nitrogens with one attached hydrogen (secondary N) is 3. The number of nitrogens with zero attached hydrogens (tertiary/aromatic N) is 2. The molecule has 0 fully saturated rings. The predicted octanol–water partition coefficient (Wildman–Crippen LogP) is 5.26. The molecule has 0 bridgehead atoms. The maximum atomic E-state index is 12.8. The van der Waals surface area contributed by atoms with E-state index in [0.717, 1.165) is 11.3 Å². The summed E-state index contributed by atoms with van der Waals surface area (Å²) >= 11 is 12.4. The first kappa shape index (κ1) is 21.0. The van der Waals surface area contributed by atoms with Crippen LogP contribution in [0.15, 0.2) is 48.7 Å². The Hall–Kier alpha value is -3.29. The highest BCUT2D eigenvalue weighted by atomic mass is 35.5. The van der Waals surface area contributed by atoms with E-state index < -0.39 is 0 Å². The zero-order valence-electron chi connectivity index (χ0n) is 16.8. The number of hydrogen-bond donors (Lipinski definition) is 3. The van der Waals surface area contributed by atoms with Crippen molar-refractivity contribution in [3.8, 4) is 5.75 Å². The number of benzene rings is 2. The van der Waals surface area contributed by atoms with Gasteiger partial charge in [-0.3, -0.25) is 9.78 Å². The summed E-state index contributed by atoms with van der Waals surface area (Å²) in [6.45, 7) is 2.26. The molecule has 0 aliphatic heterocycles. The Balaban J connectivity index is 1.61. The van der Waals surface area contributed by atoms with E-state index in [-0.39, 0.29) is 5.91 Å². The highest BCUT2D eigenvalue weighted by Crippen LogP contribution is 2.33. The number of carbonyl (C=O) groups excluding carboxylic acids is 1. The molecule has 0 aliphatic carbocycles. The van der Waals surface area contributed by atoms with Gasteiger partial charge in [0.1, 0.15) is 5.75 Å². The molecule has 7 nitrogen and oxygen atoms in total. The summed E-state index contributed by atoms with van der Waals surface area (Å²) in [5, 5.41) is 6.92. The van der Waals surface area contributed by atoms with Crippen molar-refractivity contribution < 1.29 is 9.53 Å². The van der Waals surface area contributed by atoms with Gasteiger partial charge in [-0.15, -0.1) is 0 Å². The number of carbonyl (C=O) groups is 1. The van der Waals surface area contributed by atoms with E-state index in [1.54, 1.807) is 36.5 Å². The fraction of sp³-hybridized carbons (Fsp3) is 0.136. The number of aromatic nitrogens is 3. The van der Waals surface area contributed by atoms with E-state index in [2.05, 4.69) is 25.6 Å². The van der Waals surface area contributed by atoms with Crippen LogP contribution in [-0.4, -0.2) is 28.0 Å². The monoisotopic (exact) mass is 455 g/mol. The number of aryl methyl sites for hydroxylation is 1. The van der Waals surface area contributed by atoms with Crippen LogP contribution in [0.25, 0.3) is 11.0 Å². The molecule has 31 heavy (non-hydrogen) atoms. The van der Waals surface area contributed by atoms with Gasteiger partial charge >= 0.3 is 0 Å². The van der Waals surface area contributed by atoms with Crippen LogP contribution in [-0.2, 0) is 6.54 Å². The lowest BCUT2D eigenvalue weighted by Gasteiger charge is -2.10. The van der Waals surface area contributed by atoms with Gasteiger partial charge < -0.3 is 20.4 Å². The number of anilines is 2. The van der Waals surface area contributed by atoms with E-state index in [1.807, 2.05) is 19.1 Å². The van der Waals surface area contributed by atoms with Gasteiger partial charge in [-0.1, -0.05) is 35.3 Å². The summed E-state index contributed by atoms with van der Waals surface area (Å²) in [7, 11) is 1.51. The van der Waals surface area contributed by atoms with Crippen molar-refractivity contribution in [2.24, 2.45) is 0 Å². The average Bonchev–Trinajstić information content (AvgIpc) is 3.16. The second-order valence-corrected chi connectivity index (χ2v) is 7.64. The summed E-state index contributed by atoms with van der Waals surface area (Å²) < 4.78 is 5.42. The molecule has 2 aromatic heterocycles. The van der Waals surface area contributed by atoms with Crippen molar-refractivity contribution in [3.63, 3.8) is 0 Å². The third-order valence-corrected chi connectivity index (χ3v) is 5.42. The van der Waals surface area contributed by atoms with Crippen molar-refractivity contribution in [1.82, 2.24) is 20.3 Å². The summed E-state index contributed by atoms with van der Waals surface area (Å²) in [4.78, 5) is 24.8. The number of fused-ring (bicyclic) bond motifs is 1. The fourth-order valence-electron chi connectivity index (χ4n) is 3.14. The summed E-state index contributed by atoms with van der Waals surface area (Å²) in [6, 6.07) is 12.4. The van der Waals surface area contributed by atoms with Crippen LogP contribution in [0.2, 0.25) is 10.0 Å². The normalized spacial score (nSPS) is 10.8. The molecular weight excluding hydrogens is 437 g/mol. The molecule has 158 valence electrons. The molecule has 0 aliphatic rings. The SMILES string of the molecule is COc1cc2nc(Nc3c(Cl)cccc3Cl)[nH]c2cc1C(=O)NCc1ncccc1C. The van der Waals surface area contributed by atoms with Crippen LogP contribution in [0.5, 0.6) is 5.75 Å². The minimum atomic E-state index is -0.276. The van der Waals surface area contributed by atoms with E-state index >= 15 is 0 Å². The molecule has 9 heteroatoms. The molecule has 4 rings (SSSR count). The maximum Gasteiger partial charge on any atom is 0.255 e. The molecular formula is C22H19Cl2N5O2. The quantitative estimate of drug-likeness (QED) is 0.368. The van der Waals surface area contributed by atoms with Crippen molar-refractivity contribution in [2.45, 2.75) is 13.5 Å². The van der Waals surface area contributed by atoms with Gasteiger partial charge in [0.2, 0.25) is 5.95 Å². The van der Waals surface area contributed by atoms with Crippen LogP contribution < -0.4 is 15.4 Å². The summed E-state index contributed by atoms with van der Waals surface area (Å²) in [5.74, 6) is 0.576. The summed E-state index contributed by atoms with van der Waals surface area (Å²) in [5.41, 5.74) is 4.02. The molecule has 0 saturated heterocycles. The molecule has 4 aromatic rings. The Labute approximate surface area is 188 Å². The van der Waals surface area contributed by atoms with E-state index in [4.69, 9.17) is 27.9 Å². The third kappa shape index (κ3) is 4.42. The number of aromatic amines is 1. The molecule has 3 N–H and O–H groups in total. The zero-order chi connectivity index (χ0) is 22.0. The van der Waals surface area contributed by atoms with Crippen LogP contribution >= 0.6 is 23.2 Å². The first-order valence-corrected chi connectivity index (χ1v) is 10.2. The molecule has 0 saturated carbocycles. The van der Waals surface area contributed by atoms with Gasteiger partial charge in [-0.05, 0) is 36.8 Å². The Morgan fingerprint density at radius 2 is 1.94 bits per heavy atom. The Morgan fingerprint density at radius 1 is 1.16 bits per heavy atom. The molecule has 0 atom stereocenters. The second-order valence-electron chi connectivity index (χ2n) is 6.83. The molecule has 0 radical (unpaired) electrons. The number of rotatable bonds is 6. The molecule has 0 unspecified atom stereocenters. The smallest absolute Gasteiger partial charge is 0.255 e. The number of methoxy groups -OCH3 is 1. The average molecular weight is 456 g/mol. The predicted molar refractivity (Wildman–Crippen MR) is 123 cm³/mol. The molecule has 0 spiro atoms. The lowest BCUT2D eigenvalue weighted by Crippen LogP contribution is -2.24. The third-order valence-electron chi connectivity index (χ3n) is 4.79. The number of imidazole rings is 1. The largest absolute Gasteiger partial charge is 0.496 e. The van der Waals surface area contributed by atoms with E-state index in [0.29, 0.717) is 50.6 Å². The van der Waals surface area contributed by atoms with Crippen molar-refractivity contribution >= 4 is 51.8 Å². The fourth-order valence-corrected chi connectivity index (χ4v) is 3.63. The van der Waals surface area contributed by atoms with Gasteiger partial charge in [-0.25, -0.2) is 4.98 Å². The molecule has 2 aromatic carbocycles. The standard InChI is InChI=1S/C22H19Cl2N5O2/c1-12-5-4-8-25-18(12)11-26-21(30)13-9-16-17(10-19(13)31-2)28-22(27-16)29-20-14(23)6-3-7-15(20)24/h3-10H,11H2,1-2H3,(H,26,30)(H2,27,28,29). The van der Waals surface area contributed by atoms with E-state index in [1.165, 1.54) is 7.11 Å². The number of pyridine rings is 1. The number of halogens is 2. The van der Waals surface area contributed by atoms with Crippen molar-refractivity contribution in [2.75, 3.05) is 12.4 Å². The van der Waals surface area contributed by atoms with Crippen LogP contribution in [0, 0.1) is 6.92 Å². The van der Waals surface area contributed by atoms with E-state index in [9.17, 15) is 4.79 Å².